The molecule has 5 rings (SSSR count). The molecule has 0 nitrogen and oxygen atoms in total. The van der Waals surface area contributed by atoms with Gasteiger partial charge in [0.05, 0.1) is 0 Å². The Bertz CT molecular complexity index is 1390. The summed E-state index contributed by atoms with van der Waals surface area (Å²) in [6.07, 6.45) is 10.9. The molecule has 3 heteroatoms. The van der Waals surface area contributed by atoms with Crippen LogP contribution in [0.5, 0.6) is 0 Å². The van der Waals surface area contributed by atoms with E-state index in [1.165, 1.54) is 25.7 Å². The van der Waals surface area contributed by atoms with Crippen molar-refractivity contribution in [2.45, 2.75) is 160 Å². The molecule has 45 heavy (non-hydrogen) atoms. The first-order valence-electron chi connectivity index (χ1n) is 18.8. The fourth-order valence-electron chi connectivity index (χ4n) is 10.8. The molecule has 2 aromatic rings. The van der Waals surface area contributed by atoms with Crippen molar-refractivity contribution in [3.05, 3.63) is 79.9 Å². The van der Waals surface area contributed by atoms with Crippen molar-refractivity contribution in [1.29, 1.82) is 0 Å². The second-order valence-electron chi connectivity index (χ2n) is 17.6. The van der Waals surface area contributed by atoms with Gasteiger partial charge < -0.3 is 0 Å². The summed E-state index contributed by atoms with van der Waals surface area (Å²) in [6, 6.07) is 13.9. The van der Waals surface area contributed by atoms with E-state index in [4.69, 9.17) is 0 Å². The monoisotopic (exact) mass is 694 g/mol. The maximum absolute atomic E-state index is 3.00. The van der Waals surface area contributed by atoms with E-state index in [0.717, 1.165) is 8.45 Å². The van der Waals surface area contributed by atoms with Crippen LogP contribution in [0.15, 0.2) is 35.4 Å². The molecule has 246 valence electrons. The van der Waals surface area contributed by atoms with E-state index < -0.39 is 35.5 Å². The maximum atomic E-state index is 3.00. The van der Waals surface area contributed by atoms with Gasteiger partial charge in [0.2, 0.25) is 0 Å². The Morgan fingerprint density at radius 3 is 1.22 bits per heavy atom. The third kappa shape index (κ3) is 5.73. The molecule has 2 aromatic carbocycles. The van der Waals surface area contributed by atoms with Crippen LogP contribution in [0.25, 0.3) is 12.2 Å². The van der Waals surface area contributed by atoms with Crippen molar-refractivity contribution in [2.75, 3.05) is 0 Å². The van der Waals surface area contributed by atoms with Gasteiger partial charge in [0.1, 0.15) is 0 Å². The molecule has 0 aromatic heterocycles. The average molecular weight is 695 g/mol. The predicted molar refractivity (Wildman–Crippen MR) is 199 cm³/mol. The summed E-state index contributed by atoms with van der Waals surface area (Å²) in [6.45, 7) is 24.3. The van der Waals surface area contributed by atoms with E-state index in [9.17, 15) is 0 Å². The SMILES string of the molecule is CCC1=Cc2c(C(C)C)cc(C(C)C)cc2[CH]1[Ti]([CH3])([CH3])[Si]1([Ti]([CH3])([CH3])[CH]2C(CC)=Cc3c(C(C)C)cc(C(C)C)cc32)CCCC1. The summed E-state index contributed by atoms with van der Waals surface area (Å²) < 4.78 is -0.0297. The van der Waals surface area contributed by atoms with Gasteiger partial charge in [-0.3, -0.25) is 0 Å². The van der Waals surface area contributed by atoms with Crippen LogP contribution in [0.1, 0.15) is 172 Å². The Labute approximate surface area is 285 Å². The quantitative estimate of drug-likeness (QED) is 0.217. The van der Waals surface area contributed by atoms with Crippen molar-refractivity contribution in [2.24, 2.45) is 0 Å². The number of benzene rings is 2. The molecule has 2 atom stereocenters. The number of hydrogen-bond acceptors (Lipinski definition) is 0. The first-order valence-corrected chi connectivity index (χ1v) is 33.9. The second-order valence-corrected chi connectivity index (χ2v) is 56.6. The summed E-state index contributed by atoms with van der Waals surface area (Å²) in [4.78, 5) is 0. The van der Waals surface area contributed by atoms with Crippen molar-refractivity contribution >= 4 is 16.0 Å². The number of rotatable bonds is 10. The van der Waals surface area contributed by atoms with E-state index in [1.807, 2.05) is 11.1 Å². The van der Waals surface area contributed by atoms with Gasteiger partial charge in [-0.05, 0) is 0 Å². The van der Waals surface area contributed by atoms with Gasteiger partial charge in [-0.1, -0.05) is 0 Å². The summed E-state index contributed by atoms with van der Waals surface area (Å²) in [5.41, 5.74) is 16.9. The van der Waals surface area contributed by atoms with Crippen LogP contribution in [-0.4, -0.2) is 3.81 Å². The van der Waals surface area contributed by atoms with Crippen molar-refractivity contribution in [1.82, 2.24) is 0 Å². The van der Waals surface area contributed by atoms with Gasteiger partial charge >= 0.3 is 288 Å². The van der Waals surface area contributed by atoms with E-state index >= 15 is 0 Å². The Balaban J connectivity index is 1.73. The fraction of sp³-hybridized carbons (Fsp3) is 0.619. The summed E-state index contributed by atoms with van der Waals surface area (Å²) in [5, 5.41) is 12.0. The molecule has 2 unspecified atom stereocenters. The van der Waals surface area contributed by atoms with Crippen molar-refractivity contribution < 1.29 is 31.7 Å². The molecule has 3 aliphatic rings. The molecule has 1 aliphatic heterocycles. The standard InChI is InChI=1S/2C17H23.C4H8Si.4CH3.2Ti/c2*1-6-13-7-15-9-14(11(2)3)10-16(12(4)5)17(15)8-13;1-2-4-5-3-1;;;;;;/h2*7-12H,6H2,1-5H3;1-4H2;4*1H3;;. The van der Waals surface area contributed by atoms with E-state index in [-0.39, 0.29) is 0 Å². The zero-order chi connectivity index (χ0) is 33.2. The van der Waals surface area contributed by atoms with Gasteiger partial charge in [0, 0.05) is 0 Å². The summed E-state index contributed by atoms with van der Waals surface area (Å²) >= 11 is -4.96. The van der Waals surface area contributed by atoms with Gasteiger partial charge in [0.15, 0.2) is 0 Å². The minimum atomic E-state index is -2.48. The first-order chi connectivity index (χ1) is 21.0. The van der Waals surface area contributed by atoms with E-state index in [1.54, 1.807) is 56.6 Å². The molecular weight excluding hydrogens is 628 g/mol. The summed E-state index contributed by atoms with van der Waals surface area (Å²) in [5.74, 6) is 2.31. The molecule has 0 bridgehead atoms. The minimum absolute atomic E-state index is 0.575. The number of allylic oxidation sites excluding steroid dienone is 2. The fourth-order valence-corrected chi connectivity index (χ4v) is 93.9. The molecule has 0 amide bonds. The van der Waals surface area contributed by atoms with Gasteiger partial charge in [-0.25, -0.2) is 0 Å². The predicted octanol–water partition coefficient (Wildman–Crippen LogP) is 14.3. The Morgan fingerprint density at radius 1 is 0.578 bits per heavy atom. The first kappa shape index (κ1) is 35.9. The van der Waals surface area contributed by atoms with Crippen LogP contribution in [0, 0.1) is 0 Å². The van der Waals surface area contributed by atoms with Crippen LogP contribution < -0.4 is 0 Å². The van der Waals surface area contributed by atoms with Gasteiger partial charge in [0.25, 0.3) is 0 Å². The van der Waals surface area contributed by atoms with E-state index in [2.05, 4.69) is 127 Å². The normalized spacial score (nSPS) is 21.3. The zero-order valence-electron chi connectivity index (χ0n) is 31.7. The summed E-state index contributed by atoms with van der Waals surface area (Å²) in [7, 11) is 0. The molecule has 1 heterocycles. The third-order valence-corrected chi connectivity index (χ3v) is 82.4. The van der Waals surface area contributed by atoms with E-state index in [0.29, 0.717) is 23.7 Å². The topological polar surface area (TPSA) is 0 Å². The Kier molecular flexibility index (Phi) is 10.5. The van der Waals surface area contributed by atoms with Gasteiger partial charge in [-0.15, -0.1) is 0 Å². The van der Waals surface area contributed by atoms with Crippen LogP contribution in [0.4, 0.5) is 0 Å². The molecule has 0 spiro atoms. The number of hydrogen-bond donors (Lipinski definition) is 0. The van der Waals surface area contributed by atoms with Crippen LogP contribution in [-0.2, 0) is 31.7 Å². The van der Waals surface area contributed by atoms with Crippen molar-refractivity contribution in [3.8, 4) is 0 Å². The molecule has 1 saturated heterocycles. The van der Waals surface area contributed by atoms with Crippen LogP contribution in [0.3, 0.4) is 0 Å². The van der Waals surface area contributed by atoms with Gasteiger partial charge in [-0.2, -0.15) is 0 Å². The Hall–Kier alpha value is -0.435. The van der Waals surface area contributed by atoms with Crippen molar-refractivity contribution in [3.63, 3.8) is 0 Å². The average Bonchev–Trinajstić information content (AvgIpc) is 3.71. The molecule has 0 radical (unpaired) electrons. The third-order valence-electron chi connectivity index (χ3n) is 13.3. The molecule has 0 N–H and O–H groups in total. The van der Waals surface area contributed by atoms with Crippen LogP contribution >= 0.6 is 0 Å². The molecule has 0 saturated carbocycles. The van der Waals surface area contributed by atoms with Crippen LogP contribution in [0.2, 0.25) is 33.0 Å². The second kappa shape index (κ2) is 13.1. The zero-order valence-corrected chi connectivity index (χ0v) is 35.8. The molecule has 1 fully saturated rings. The number of fused-ring (bicyclic) bond motifs is 2. The molecular formula is C42H66SiTi2. The molecule has 2 aliphatic carbocycles. The Morgan fingerprint density at radius 2 is 0.933 bits per heavy atom.